The van der Waals surface area contributed by atoms with Crippen LogP contribution in [0.1, 0.15) is 16.1 Å². The van der Waals surface area contributed by atoms with Gasteiger partial charge in [-0.05, 0) is 19.1 Å². The molecule has 2 aromatic heterocycles. The number of aryl methyl sites for hydroxylation is 1. The molecule has 0 radical (unpaired) electrons. The number of hydrogen-bond acceptors (Lipinski definition) is 5. The van der Waals surface area contributed by atoms with Crippen molar-refractivity contribution in [1.29, 1.82) is 0 Å². The minimum absolute atomic E-state index is 0.0462. The first-order valence-corrected chi connectivity index (χ1v) is 6.27. The average molecular weight is 313 g/mol. The van der Waals surface area contributed by atoms with E-state index in [0.29, 0.717) is 11.3 Å². The van der Waals surface area contributed by atoms with Gasteiger partial charge >= 0.3 is 0 Å². The van der Waals surface area contributed by atoms with Crippen LogP contribution in [0.25, 0.3) is 0 Å². The van der Waals surface area contributed by atoms with Crippen LogP contribution in [0.2, 0.25) is 10.3 Å². The van der Waals surface area contributed by atoms with E-state index in [4.69, 9.17) is 27.9 Å². The third-order valence-corrected chi connectivity index (χ3v) is 2.68. The SMILES string of the molecule is COc1cc(Cl)nc(NC(=O)c2cc(C)nc(Cl)c2)n1. The zero-order chi connectivity index (χ0) is 14.7. The second-order valence-electron chi connectivity index (χ2n) is 3.83. The number of halogens is 2. The van der Waals surface area contributed by atoms with E-state index in [2.05, 4.69) is 20.3 Å². The maximum atomic E-state index is 12.1. The van der Waals surface area contributed by atoms with Gasteiger partial charge in [-0.2, -0.15) is 4.98 Å². The molecule has 2 aromatic rings. The minimum atomic E-state index is -0.415. The zero-order valence-electron chi connectivity index (χ0n) is 10.6. The summed E-state index contributed by atoms with van der Waals surface area (Å²) in [4.78, 5) is 23.9. The highest BCUT2D eigenvalue weighted by Gasteiger charge is 2.11. The molecular weight excluding hydrogens is 303 g/mol. The monoisotopic (exact) mass is 312 g/mol. The van der Waals surface area contributed by atoms with Gasteiger partial charge in [0.25, 0.3) is 5.91 Å². The smallest absolute Gasteiger partial charge is 0.258 e. The summed E-state index contributed by atoms with van der Waals surface area (Å²) in [5.41, 5.74) is 0.984. The van der Waals surface area contributed by atoms with Gasteiger partial charge in [-0.3, -0.25) is 10.1 Å². The van der Waals surface area contributed by atoms with E-state index in [1.165, 1.54) is 19.2 Å². The molecule has 0 spiro atoms. The molecule has 8 heteroatoms. The number of anilines is 1. The van der Waals surface area contributed by atoms with Crippen LogP contribution in [0.4, 0.5) is 5.95 Å². The Bertz CT molecular complexity index is 644. The number of carbonyl (C=O) groups excluding carboxylic acids is 1. The van der Waals surface area contributed by atoms with Crippen LogP contribution >= 0.6 is 23.2 Å². The fraction of sp³-hybridized carbons (Fsp3) is 0.167. The predicted molar refractivity (Wildman–Crippen MR) is 75.5 cm³/mol. The quantitative estimate of drug-likeness (QED) is 0.696. The van der Waals surface area contributed by atoms with Crippen LogP contribution in [0.3, 0.4) is 0 Å². The van der Waals surface area contributed by atoms with Crippen molar-refractivity contribution >= 4 is 35.1 Å². The number of amides is 1. The molecule has 0 fully saturated rings. The third-order valence-electron chi connectivity index (χ3n) is 2.29. The molecule has 0 aliphatic carbocycles. The number of nitrogens with zero attached hydrogens (tertiary/aromatic N) is 3. The summed E-state index contributed by atoms with van der Waals surface area (Å²) in [6.45, 7) is 1.74. The third kappa shape index (κ3) is 3.55. The van der Waals surface area contributed by atoms with Gasteiger partial charge in [0.05, 0.1) is 7.11 Å². The van der Waals surface area contributed by atoms with Gasteiger partial charge < -0.3 is 4.74 Å². The first-order valence-electron chi connectivity index (χ1n) is 5.52. The lowest BCUT2D eigenvalue weighted by molar-refractivity contribution is 0.102. The maximum Gasteiger partial charge on any atom is 0.258 e. The largest absolute Gasteiger partial charge is 0.481 e. The Labute approximate surface area is 125 Å². The molecule has 2 heterocycles. The molecule has 0 bridgehead atoms. The summed E-state index contributed by atoms with van der Waals surface area (Å²) in [5.74, 6) is -0.115. The highest BCUT2D eigenvalue weighted by molar-refractivity contribution is 6.30. The summed E-state index contributed by atoms with van der Waals surface area (Å²) in [6, 6.07) is 4.49. The summed E-state index contributed by atoms with van der Waals surface area (Å²) < 4.78 is 4.94. The highest BCUT2D eigenvalue weighted by atomic mass is 35.5. The Hall–Kier alpha value is -1.92. The molecule has 1 amide bonds. The summed E-state index contributed by atoms with van der Waals surface area (Å²) >= 11 is 11.6. The second kappa shape index (κ2) is 6.02. The van der Waals surface area contributed by atoms with E-state index < -0.39 is 5.91 Å². The number of hydrogen-bond donors (Lipinski definition) is 1. The van der Waals surface area contributed by atoms with Crippen LogP contribution in [0, 0.1) is 6.92 Å². The van der Waals surface area contributed by atoms with E-state index in [-0.39, 0.29) is 22.1 Å². The summed E-state index contributed by atoms with van der Waals surface area (Å²) in [6.07, 6.45) is 0. The number of carbonyl (C=O) groups is 1. The average Bonchev–Trinajstić information content (AvgIpc) is 2.36. The highest BCUT2D eigenvalue weighted by Crippen LogP contribution is 2.17. The topological polar surface area (TPSA) is 77.0 Å². The fourth-order valence-corrected chi connectivity index (χ4v) is 1.91. The molecular formula is C12H10Cl2N4O2. The van der Waals surface area contributed by atoms with Gasteiger partial charge in [-0.25, -0.2) is 9.97 Å². The number of methoxy groups -OCH3 is 1. The lowest BCUT2D eigenvalue weighted by Crippen LogP contribution is -2.15. The van der Waals surface area contributed by atoms with Crippen molar-refractivity contribution < 1.29 is 9.53 Å². The molecule has 6 nitrogen and oxygen atoms in total. The lowest BCUT2D eigenvalue weighted by atomic mass is 10.2. The van der Waals surface area contributed by atoms with Gasteiger partial charge in [0, 0.05) is 17.3 Å². The molecule has 0 aromatic carbocycles. The minimum Gasteiger partial charge on any atom is -0.481 e. The molecule has 0 saturated heterocycles. The van der Waals surface area contributed by atoms with Gasteiger partial charge in [-0.15, -0.1) is 0 Å². The maximum absolute atomic E-state index is 12.1. The Kier molecular flexibility index (Phi) is 4.36. The number of aromatic nitrogens is 3. The van der Waals surface area contributed by atoms with Crippen LogP contribution in [0.15, 0.2) is 18.2 Å². The van der Waals surface area contributed by atoms with Crippen LogP contribution in [-0.2, 0) is 0 Å². The van der Waals surface area contributed by atoms with Crippen LogP contribution in [0.5, 0.6) is 5.88 Å². The van der Waals surface area contributed by atoms with Gasteiger partial charge in [-0.1, -0.05) is 23.2 Å². The van der Waals surface area contributed by atoms with E-state index in [1.54, 1.807) is 13.0 Å². The normalized spacial score (nSPS) is 10.2. The lowest BCUT2D eigenvalue weighted by Gasteiger charge is -2.06. The first kappa shape index (κ1) is 14.5. The molecule has 0 aliphatic heterocycles. The number of nitrogens with one attached hydrogen (secondary N) is 1. The van der Waals surface area contributed by atoms with Crippen molar-refractivity contribution in [3.05, 3.63) is 39.8 Å². The zero-order valence-corrected chi connectivity index (χ0v) is 12.2. The molecule has 0 atom stereocenters. The van der Waals surface area contributed by atoms with E-state index in [0.717, 1.165) is 0 Å². The Morgan fingerprint density at radius 3 is 2.50 bits per heavy atom. The Balaban J connectivity index is 2.25. The van der Waals surface area contributed by atoms with E-state index in [1.807, 2.05) is 0 Å². The molecule has 0 unspecified atom stereocenters. The molecule has 1 N–H and O–H groups in total. The fourth-order valence-electron chi connectivity index (χ4n) is 1.49. The number of rotatable bonds is 3. The van der Waals surface area contributed by atoms with Crippen molar-refractivity contribution in [2.24, 2.45) is 0 Å². The Morgan fingerprint density at radius 1 is 1.15 bits per heavy atom. The molecule has 0 aliphatic rings. The Morgan fingerprint density at radius 2 is 1.85 bits per heavy atom. The second-order valence-corrected chi connectivity index (χ2v) is 4.61. The van der Waals surface area contributed by atoms with Crippen LogP contribution < -0.4 is 10.1 Å². The van der Waals surface area contributed by atoms with Crippen molar-refractivity contribution in [1.82, 2.24) is 15.0 Å². The van der Waals surface area contributed by atoms with Gasteiger partial charge in [0.15, 0.2) is 0 Å². The summed E-state index contributed by atoms with van der Waals surface area (Å²) in [7, 11) is 1.44. The van der Waals surface area contributed by atoms with E-state index in [9.17, 15) is 4.79 Å². The van der Waals surface area contributed by atoms with E-state index >= 15 is 0 Å². The van der Waals surface area contributed by atoms with Crippen molar-refractivity contribution in [3.8, 4) is 5.88 Å². The molecule has 0 saturated carbocycles. The molecule has 20 heavy (non-hydrogen) atoms. The molecule has 2 rings (SSSR count). The van der Waals surface area contributed by atoms with Crippen LogP contribution in [-0.4, -0.2) is 28.0 Å². The van der Waals surface area contributed by atoms with Gasteiger partial charge in [0.1, 0.15) is 10.3 Å². The first-order chi connectivity index (χ1) is 9.47. The van der Waals surface area contributed by atoms with Gasteiger partial charge in [0.2, 0.25) is 11.8 Å². The van der Waals surface area contributed by atoms with Crippen molar-refractivity contribution in [2.75, 3.05) is 12.4 Å². The van der Waals surface area contributed by atoms with Crippen molar-refractivity contribution in [3.63, 3.8) is 0 Å². The number of ether oxygens (including phenoxy) is 1. The number of pyridine rings is 1. The standard InChI is InChI=1S/C12H10Cl2N4O2/c1-6-3-7(4-8(13)15-6)11(19)18-12-16-9(14)5-10(17-12)20-2/h3-5H,1-2H3,(H,16,17,18,19). The summed E-state index contributed by atoms with van der Waals surface area (Å²) in [5, 5.41) is 2.92. The molecule has 104 valence electrons. The van der Waals surface area contributed by atoms with Crippen molar-refractivity contribution in [2.45, 2.75) is 6.92 Å². The predicted octanol–water partition coefficient (Wildman–Crippen LogP) is 2.75.